The van der Waals surface area contributed by atoms with Crippen LogP contribution in [0, 0.1) is 13.8 Å². The highest BCUT2D eigenvalue weighted by Gasteiger charge is 2.06. The van der Waals surface area contributed by atoms with Crippen molar-refractivity contribution in [3.63, 3.8) is 0 Å². The lowest BCUT2D eigenvalue weighted by Gasteiger charge is -2.08. The van der Waals surface area contributed by atoms with Crippen molar-refractivity contribution < 1.29 is 19.0 Å². The first kappa shape index (κ1) is 16.6. The Morgan fingerprint density at radius 3 is 2.39 bits per heavy atom. The average Bonchev–Trinajstić information content (AvgIpc) is 2.56. The maximum absolute atomic E-state index is 12.0. The van der Waals surface area contributed by atoms with Gasteiger partial charge in [0.05, 0.1) is 14.2 Å². The summed E-state index contributed by atoms with van der Waals surface area (Å²) >= 11 is 0. The van der Waals surface area contributed by atoms with Crippen molar-refractivity contribution in [1.29, 1.82) is 0 Å². The molecule has 2 aromatic carbocycles. The summed E-state index contributed by atoms with van der Waals surface area (Å²) in [5, 5.41) is 0. The molecule has 0 atom stereocenters. The lowest BCUT2D eigenvalue weighted by Crippen LogP contribution is -2.05. The van der Waals surface area contributed by atoms with Crippen LogP contribution in [0.25, 0.3) is 6.08 Å². The number of aryl methyl sites for hydroxylation is 1. The van der Waals surface area contributed by atoms with Crippen molar-refractivity contribution in [2.75, 3.05) is 14.2 Å². The van der Waals surface area contributed by atoms with Gasteiger partial charge in [-0.25, -0.2) is 4.79 Å². The summed E-state index contributed by atoms with van der Waals surface area (Å²) in [7, 11) is 3.15. The molecule has 0 N–H and O–H groups in total. The number of carbonyl (C=O) groups excluding carboxylic acids is 1. The Balaban J connectivity index is 2.10. The van der Waals surface area contributed by atoms with E-state index >= 15 is 0 Å². The Morgan fingerprint density at radius 2 is 1.70 bits per heavy atom. The van der Waals surface area contributed by atoms with E-state index in [4.69, 9.17) is 14.2 Å². The highest BCUT2D eigenvalue weighted by molar-refractivity contribution is 5.89. The minimum Gasteiger partial charge on any atom is -0.493 e. The van der Waals surface area contributed by atoms with Crippen LogP contribution in [0.15, 0.2) is 42.5 Å². The number of methoxy groups -OCH3 is 2. The quantitative estimate of drug-likeness (QED) is 0.476. The van der Waals surface area contributed by atoms with Crippen LogP contribution in [0.2, 0.25) is 0 Å². The zero-order valence-electron chi connectivity index (χ0n) is 13.8. The molecule has 2 aromatic rings. The van der Waals surface area contributed by atoms with Crippen LogP contribution in [0.3, 0.4) is 0 Å². The van der Waals surface area contributed by atoms with Gasteiger partial charge in [0.25, 0.3) is 0 Å². The van der Waals surface area contributed by atoms with Gasteiger partial charge in [-0.05, 0) is 54.8 Å². The van der Waals surface area contributed by atoms with Crippen molar-refractivity contribution in [2.45, 2.75) is 13.8 Å². The molecule has 23 heavy (non-hydrogen) atoms. The number of carbonyl (C=O) groups is 1. The Kier molecular flexibility index (Phi) is 5.41. The van der Waals surface area contributed by atoms with Gasteiger partial charge in [-0.3, -0.25) is 0 Å². The van der Waals surface area contributed by atoms with E-state index in [1.807, 2.05) is 32.0 Å². The standard InChI is InChI=1S/C19H20O4/c1-13-6-5-7-16(14(13)2)23-19(20)11-9-15-8-10-17(21-3)18(12-15)22-4/h5-12H,1-4H3/b11-9+. The maximum Gasteiger partial charge on any atom is 0.336 e. The molecule has 0 spiro atoms. The van der Waals surface area contributed by atoms with Gasteiger partial charge in [0.2, 0.25) is 0 Å². The van der Waals surface area contributed by atoms with Gasteiger partial charge in [-0.15, -0.1) is 0 Å². The molecule has 2 rings (SSSR count). The summed E-state index contributed by atoms with van der Waals surface area (Å²) in [6, 6.07) is 11.0. The van der Waals surface area contributed by atoms with E-state index < -0.39 is 5.97 Å². The zero-order valence-corrected chi connectivity index (χ0v) is 13.8. The molecule has 0 aliphatic heterocycles. The molecule has 0 bridgehead atoms. The largest absolute Gasteiger partial charge is 0.493 e. The number of ether oxygens (including phenoxy) is 3. The smallest absolute Gasteiger partial charge is 0.336 e. The normalized spacial score (nSPS) is 10.6. The van der Waals surface area contributed by atoms with Crippen LogP contribution in [0.4, 0.5) is 0 Å². The molecule has 0 saturated heterocycles. The average molecular weight is 312 g/mol. The second-order valence-electron chi connectivity index (χ2n) is 5.07. The van der Waals surface area contributed by atoms with Gasteiger partial charge >= 0.3 is 5.97 Å². The highest BCUT2D eigenvalue weighted by Crippen LogP contribution is 2.28. The number of hydrogen-bond donors (Lipinski definition) is 0. The Bertz CT molecular complexity index is 732. The number of hydrogen-bond acceptors (Lipinski definition) is 4. The monoisotopic (exact) mass is 312 g/mol. The highest BCUT2D eigenvalue weighted by atomic mass is 16.5. The van der Waals surface area contributed by atoms with Gasteiger partial charge < -0.3 is 14.2 Å². The van der Waals surface area contributed by atoms with Crippen molar-refractivity contribution >= 4 is 12.0 Å². The van der Waals surface area contributed by atoms with Gasteiger partial charge in [0.1, 0.15) is 5.75 Å². The van der Waals surface area contributed by atoms with Crippen molar-refractivity contribution in [1.82, 2.24) is 0 Å². The molecule has 0 saturated carbocycles. The number of esters is 1. The summed E-state index contributed by atoms with van der Waals surface area (Å²) in [6.45, 7) is 3.90. The van der Waals surface area contributed by atoms with Gasteiger partial charge in [0.15, 0.2) is 11.5 Å². The topological polar surface area (TPSA) is 44.8 Å². The van der Waals surface area contributed by atoms with E-state index in [-0.39, 0.29) is 0 Å². The van der Waals surface area contributed by atoms with Crippen LogP contribution in [-0.4, -0.2) is 20.2 Å². The third kappa shape index (κ3) is 4.13. The van der Waals surface area contributed by atoms with Gasteiger partial charge in [-0.2, -0.15) is 0 Å². The summed E-state index contributed by atoms with van der Waals surface area (Å²) in [5.41, 5.74) is 2.86. The molecule has 0 heterocycles. The van der Waals surface area contributed by atoms with E-state index in [0.717, 1.165) is 16.7 Å². The zero-order chi connectivity index (χ0) is 16.8. The van der Waals surface area contributed by atoms with Crippen molar-refractivity contribution in [2.24, 2.45) is 0 Å². The van der Waals surface area contributed by atoms with E-state index in [2.05, 4.69) is 0 Å². The minimum atomic E-state index is -0.423. The summed E-state index contributed by atoms with van der Waals surface area (Å²) in [4.78, 5) is 12.0. The lowest BCUT2D eigenvalue weighted by atomic mass is 10.1. The minimum absolute atomic E-state index is 0.423. The molecule has 0 aliphatic carbocycles. The lowest BCUT2D eigenvalue weighted by molar-refractivity contribution is -0.128. The van der Waals surface area contributed by atoms with Crippen LogP contribution >= 0.6 is 0 Å². The molecule has 4 nitrogen and oxygen atoms in total. The molecule has 0 fully saturated rings. The van der Waals surface area contributed by atoms with Crippen molar-refractivity contribution in [3.8, 4) is 17.2 Å². The number of rotatable bonds is 5. The molecule has 4 heteroatoms. The Morgan fingerprint density at radius 1 is 0.957 bits per heavy atom. The van der Waals surface area contributed by atoms with E-state index in [1.54, 1.807) is 38.5 Å². The molecule has 0 unspecified atom stereocenters. The third-order valence-corrected chi connectivity index (χ3v) is 3.58. The van der Waals surface area contributed by atoms with E-state index in [9.17, 15) is 4.79 Å². The molecule has 0 aliphatic rings. The first-order valence-electron chi connectivity index (χ1n) is 7.23. The predicted molar refractivity (Wildman–Crippen MR) is 90.1 cm³/mol. The fourth-order valence-electron chi connectivity index (χ4n) is 2.10. The molecular formula is C19H20O4. The molecule has 0 aromatic heterocycles. The van der Waals surface area contributed by atoms with Crippen LogP contribution in [0.1, 0.15) is 16.7 Å². The first-order valence-corrected chi connectivity index (χ1v) is 7.23. The molecule has 0 amide bonds. The van der Waals surface area contributed by atoms with Crippen molar-refractivity contribution in [3.05, 3.63) is 59.2 Å². The fourth-order valence-corrected chi connectivity index (χ4v) is 2.10. The third-order valence-electron chi connectivity index (χ3n) is 3.58. The van der Waals surface area contributed by atoms with Crippen LogP contribution in [0.5, 0.6) is 17.2 Å². The summed E-state index contributed by atoms with van der Waals surface area (Å²) in [5.74, 6) is 1.40. The molecule has 120 valence electrons. The number of benzene rings is 2. The maximum atomic E-state index is 12.0. The molecule has 0 radical (unpaired) electrons. The summed E-state index contributed by atoms with van der Waals surface area (Å²) < 4.78 is 15.8. The van der Waals surface area contributed by atoms with Crippen LogP contribution in [-0.2, 0) is 4.79 Å². The Labute approximate surface area is 136 Å². The molecular weight excluding hydrogens is 292 g/mol. The van der Waals surface area contributed by atoms with E-state index in [1.165, 1.54) is 6.08 Å². The second kappa shape index (κ2) is 7.49. The fraction of sp³-hybridized carbons (Fsp3) is 0.211. The van der Waals surface area contributed by atoms with Gasteiger partial charge in [-0.1, -0.05) is 18.2 Å². The van der Waals surface area contributed by atoms with Gasteiger partial charge in [0, 0.05) is 6.08 Å². The summed E-state index contributed by atoms with van der Waals surface area (Å²) in [6.07, 6.45) is 3.07. The predicted octanol–water partition coefficient (Wildman–Crippen LogP) is 3.94. The second-order valence-corrected chi connectivity index (χ2v) is 5.07. The first-order chi connectivity index (χ1) is 11.0. The Hall–Kier alpha value is -2.75. The van der Waals surface area contributed by atoms with Crippen LogP contribution < -0.4 is 14.2 Å². The SMILES string of the molecule is COc1ccc(/C=C/C(=O)Oc2cccc(C)c2C)cc1OC. The van der Waals surface area contributed by atoms with E-state index in [0.29, 0.717) is 17.2 Å².